The first-order valence-corrected chi connectivity index (χ1v) is 6.47. The van der Waals surface area contributed by atoms with Crippen LogP contribution in [0.2, 0.25) is 0 Å². The predicted molar refractivity (Wildman–Crippen MR) is 76.5 cm³/mol. The molecule has 0 aliphatic carbocycles. The Labute approximate surface area is 117 Å². The Balaban J connectivity index is 1.61. The lowest BCUT2D eigenvalue weighted by Gasteiger charge is -2.04. The van der Waals surface area contributed by atoms with E-state index in [1.807, 2.05) is 47.1 Å². The lowest BCUT2D eigenvalue weighted by atomic mass is 10.2. The summed E-state index contributed by atoms with van der Waals surface area (Å²) in [4.78, 5) is 8.63. The van der Waals surface area contributed by atoms with Gasteiger partial charge in [0.2, 0.25) is 5.88 Å². The number of imidazole rings is 1. The molecule has 5 nitrogen and oxygen atoms in total. The molecule has 0 spiro atoms. The van der Waals surface area contributed by atoms with Crippen molar-refractivity contribution in [3.8, 4) is 5.88 Å². The highest BCUT2D eigenvalue weighted by atomic mass is 16.5. The average molecular weight is 268 g/mol. The molecule has 0 aliphatic heterocycles. The molecule has 3 aromatic heterocycles. The van der Waals surface area contributed by atoms with Crippen LogP contribution in [0.1, 0.15) is 11.3 Å². The van der Waals surface area contributed by atoms with Gasteiger partial charge in [-0.05, 0) is 23.8 Å². The number of hydrogen-bond acceptors (Lipinski definition) is 4. The highest BCUT2D eigenvalue weighted by molar-refractivity contribution is 5.39. The van der Waals surface area contributed by atoms with E-state index in [2.05, 4.69) is 15.3 Å². The van der Waals surface area contributed by atoms with Gasteiger partial charge in [-0.15, -0.1) is 0 Å². The molecule has 0 amide bonds. The molecule has 0 bridgehead atoms. The topological polar surface area (TPSA) is 51.5 Å². The summed E-state index contributed by atoms with van der Waals surface area (Å²) in [6, 6.07) is 9.88. The molecule has 0 unspecified atom stereocenters. The second kappa shape index (κ2) is 5.71. The Hall–Kier alpha value is -2.40. The van der Waals surface area contributed by atoms with E-state index in [0.717, 1.165) is 30.0 Å². The highest BCUT2D eigenvalue weighted by Gasteiger charge is 2.01. The van der Waals surface area contributed by atoms with Gasteiger partial charge in [0.15, 0.2) is 0 Å². The van der Waals surface area contributed by atoms with Crippen LogP contribution in [-0.4, -0.2) is 21.5 Å². The molecule has 0 atom stereocenters. The van der Waals surface area contributed by atoms with Gasteiger partial charge >= 0.3 is 0 Å². The molecule has 0 fully saturated rings. The van der Waals surface area contributed by atoms with Crippen LogP contribution in [0.15, 0.2) is 48.9 Å². The molecule has 0 aliphatic rings. The normalized spacial score (nSPS) is 10.8. The van der Waals surface area contributed by atoms with Gasteiger partial charge in [0.25, 0.3) is 0 Å². The summed E-state index contributed by atoms with van der Waals surface area (Å²) in [5, 5.41) is 3.37. The van der Waals surface area contributed by atoms with Crippen molar-refractivity contribution in [3.63, 3.8) is 0 Å². The van der Waals surface area contributed by atoms with Crippen molar-refractivity contribution in [1.29, 1.82) is 0 Å². The number of fused-ring (bicyclic) bond motifs is 1. The standard InChI is InChI=1S/C15H16N4O/c1-20-15-8-12(5-6-17-15)9-16-10-13-11-19-7-3-2-4-14(19)18-13/h2-8,11,16H,9-10H2,1H3. The molecule has 102 valence electrons. The molecule has 1 N–H and O–H groups in total. The van der Waals surface area contributed by atoms with Gasteiger partial charge in [-0.1, -0.05) is 6.07 Å². The number of rotatable bonds is 5. The van der Waals surface area contributed by atoms with Crippen molar-refractivity contribution in [2.75, 3.05) is 7.11 Å². The zero-order valence-corrected chi connectivity index (χ0v) is 11.3. The number of nitrogens with zero attached hydrogens (tertiary/aromatic N) is 3. The van der Waals surface area contributed by atoms with E-state index in [1.54, 1.807) is 13.3 Å². The minimum Gasteiger partial charge on any atom is -0.481 e. The van der Waals surface area contributed by atoms with Crippen LogP contribution >= 0.6 is 0 Å². The lowest BCUT2D eigenvalue weighted by Crippen LogP contribution is -2.13. The van der Waals surface area contributed by atoms with Crippen molar-refractivity contribution in [2.24, 2.45) is 0 Å². The first-order valence-electron chi connectivity index (χ1n) is 6.47. The number of aromatic nitrogens is 3. The Kier molecular flexibility index (Phi) is 3.60. The summed E-state index contributed by atoms with van der Waals surface area (Å²) in [5.74, 6) is 0.636. The second-order valence-corrected chi connectivity index (χ2v) is 4.51. The van der Waals surface area contributed by atoms with E-state index in [0.29, 0.717) is 5.88 Å². The Morgan fingerprint density at radius 3 is 3.05 bits per heavy atom. The molecule has 0 saturated carbocycles. The fourth-order valence-corrected chi connectivity index (χ4v) is 2.08. The number of nitrogens with one attached hydrogen (secondary N) is 1. The minimum absolute atomic E-state index is 0.636. The van der Waals surface area contributed by atoms with Crippen molar-refractivity contribution >= 4 is 5.65 Å². The molecule has 20 heavy (non-hydrogen) atoms. The fraction of sp³-hybridized carbons (Fsp3) is 0.200. The third-order valence-corrected chi connectivity index (χ3v) is 3.06. The SMILES string of the molecule is COc1cc(CNCc2cn3ccccc3n2)ccn1. The molecule has 3 rings (SSSR count). The van der Waals surface area contributed by atoms with Crippen LogP contribution in [0.4, 0.5) is 0 Å². The first kappa shape index (κ1) is 12.6. The van der Waals surface area contributed by atoms with Crippen molar-refractivity contribution in [2.45, 2.75) is 13.1 Å². The summed E-state index contributed by atoms with van der Waals surface area (Å²) in [7, 11) is 1.62. The summed E-state index contributed by atoms with van der Waals surface area (Å²) < 4.78 is 7.13. The monoisotopic (exact) mass is 268 g/mol. The molecule has 5 heteroatoms. The van der Waals surface area contributed by atoms with Crippen molar-refractivity contribution in [3.05, 3.63) is 60.2 Å². The maximum Gasteiger partial charge on any atom is 0.213 e. The van der Waals surface area contributed by atoms with Crippen LogP contribution in [-0.2, 0) is 13.1 Å². The summed E-state index contributed by atoms with van der Waals surface area (Å²) >= 11 is 0. The maximum atomic E-state index is 5.10. The van der Waals surface area contributed by atoms with Crippen LogP contribution in [0, 0.1) is 0 Å². The minimum atomic E-state index is 0.636. The molecular weight excluding hydrogens is 252 g/mol. The van der Waals surface area contributed by atoms with Gasteiger partial charge in [0, 0.05) is 37.7 Å². The molecule has 0 aromatic carbocycles. The quantitative estimate of drug-likeness (QED) is 0.769. The zero-order valence-electron chi connectivity index (χ0n) is 11.3. The van der Waals surface area contributed by atoms with Crippen LogP contribution in [0.3, 0.4) is 0 Å². The van der Waals surface area contributed by atoms with E-state index >= 15 is 0 Å². The highest BCUT2D eigenvalue weighted by Crippen LogP contribution is 2.09. The Morgan fingerprint density at radius 1 is 1.25 bits per heavy atom. The third-order valence-electron chi connectivity index (χ3n) is 3.06. The van der Waals surface area contributed by atoms with Gasteiger partial charge in [-0.2, -0.15) is 0 Å². The number of methoxy groups -OCH3 is 1. The number of ether oxygens (including phenoxy) is 1. The Bertz CT molecular complexity index is 675. The maximum absolute atomic E-state index is 5.10. The van der Waals surface area contributed by atoms with Gasteiger partial charge in [0.05, 0.1) is 12.8 Å². The first-order chi connectivity index (χ1) is 9.85. The van der Waals surface area contributed by atoms with Crippen molar-refractivity contribution < 1.29 is 4.74 Å². The molecule has 3 aromatic rings. The van der Waals surface area contributed by atoms with Crippen molar-refractivity contribution in [1.82, 2.24) is 19.7 Å². The second-order valence-electron chi connectivity index (χ2n) is 4.51. The van der Waals surface area contributed by atoms with E-state index in [1.165, 1.54) is 0 Å². The fourth-order valence-electron chi connectivity index (χ4n) is 2.08. The van der Waals surface area contributed by atoms with E-state index < -0.39 is 0 Å². The lowest BCUT2D eigenvalue weighted by molar-refractivity contribution is 0.397. The van der Waals surface area contributed by atoms with E-state index in [9.17, 15) is 0 Å². The average Bonchev–Trinajstić information content (AvgIpc) is 2.90. The van der Waals surface area contributed by atoms with Gasteiger partial charge in [-0.25, -0.2) is 9.97 Å². The van der Waals surface area contributed by atoms with Gasteiger partial charge < -0.3 is 14.5 Å². The van der Waals surface area contributed by atoms with E-state index in [4.69, 9.17) is 4.74 Å². The van der Waals surface area contributed by atoms with Gasteiger partial charge in [0.1, 0.15) is 5.65 Å². The third kappa shape index (κ3) is 2.78. The summed E-state index contributed by atoms with van der Waals surface area (Å²) in [6.45, 7) is 1.49. The summed E-state index contributed by atoms with van der Waals surface area (Å²) in [5.41, 5.74) is 3.13. The van der Waals surface area contributed by atoms with Crippen LogP contribution in [0.5, 0.6) is 5.88 Å². The molecular formula is C15H16N4O. The van der Waals surface area contributed by atoms with Crippen LogP contribution < -0.4 is 10.1 Å². The van der Waals surface area contributed by atoms with Crippen LogP contribution in [0.25, 0.3) is 5.65 Å². The van der Waals surface area contributed by atoms with Gasteiger partial charge in [-0.3, -0.25) is 0 Å². The zero-order chi connectivity index (χ0) is 13.8. The predicted octanol–water partition coefficient (Wildman–Crippen LogP) is 2.03. The summed E-state index contributed by atoms with van der Waals surface area (Å²) in [6.07, 6.45) is 5.79. The smallest absolute Gasteiger partial charge is 0.213 e. The Morgan fingerprint density at radius 2 is 2.20 bits per heavy atom. The molecule has 3 heterocycles. The number of hydrogen-bond donors (Lipinski definition) is 1. The van der Waals surface area contributed by atoms with E-state index in [-0.39, 0.29) is 0 Å². The largest absolute Gasteiger partial charge is 0.481 e. The number of pyridine rings is 2. The molecule has 0 saturated heterocycles. The molecule has 0 radical (unpaired) electrons.